The van der Waals surface area contributed by atoms with Crippen molar-refractivity contribution in [2.24, 2.45) is 5.92 Å². The molecule has 6 heteroatoms. The summed E-state index contributed by atoms with van der Waals surface area (Å²) in [7, 11) is 0. The Labute approximate surface area is 118 Å². The summed E-state index contributed by atoms with van der Waals surface area (Å²) >= 11 is 0. The van der Waals surface area contributed by atoms with Gasteiger partial charge in [-0.2, -0.15) is 0 Å². The molecule has 0 fully saturated rings. The number of hydrogen-bond acceptors (Lipinski definition) is 3. The third-order valence-corrected chi connectivity index (χ3v) is 2.89. The fourth-order valence-electron chi connectivity index (χ4n) is 1.78. The molecule has 1 atom stereocenters. The van der Waals surface area contributed by atoms with Gasteiger partial charge < -0.3 is 15.7 Å². The highest BCUT2D eigenvalue weighted by Crippen LogP contribution is 2.06. The SMILES string of the molecule is Cc1cnccc1CNC(=O)N[C@@H](CC(C)C)C(=O)O. The quantitative estimate of drug-likeness (QED) is 0.739. The van der Waals surface area contributed by atoms with Gasteiger partial charge in [0.2, 0.25) is 0 Å². The van der Waals surface area contributed by atoms with Crippen molar-refractivity contribution < 1.29 is 14.7 Å². The van der Waals surface area contributed by atoms with Gasteiger partial charge in [0, 0.05) is 18.9 Å². The van der Waals surface area contributed by atoms with E-state index in [0.717, 1.165) is 11.1 Å². The molecule has 110 valence electrons. The van der Waals surface area contributed by atoms with Gasteiger partial charge in [-0.05, 0) is 36.5 Å². The van der Waals surface area contributed by atoms with Crippen LogP contribution in [0.1, 0.15) is 31.4 Å². The Bertz CT molecular complexity index is 474. The highest BCUT2D eigenvalue weighted by molar-refractivity contribution is 5.82. The molecule has 0 spiro atoms. The molecule has 1 rings (SSSR count). The van der Waals surface area contributed by atoms with Crippen molar-refractivity contribution in [1.29, 1.82) is 0 Å². The number of carbonyl (C=O) groups is 2. The summed E-state index contributed by atoms with van der Waals surface area (Å²) < 4.78 is 0. The monoisotopic (exact) mass is 279 g/mol. The molecule has 1 heterocycles. The first-order chi connectivity index (χ1) is 9.40. The molecule has 0 radical (unpaired) electrons. The number of pyridine rings is 1. The summed E-state index contributed by atoms with van der Waals surface area (Å²) in [6.07, 6.45) is 3.77. The van der Waals surface area contributed by atoms with Gasteiger partial charge in [-0.25, -0.2) is 9.59 Å². The third kappa shape index (κ3) is 5.26. The third-order valence-electron chi connectivity index (χ3n) is 2.89. The molecule has 20 heavy (non-hydrogen) atoms. The topological polar surface area (TPSA) is 91.3 Å². The highest BCUT2D eigenvalue weighted by Gasteiger charge is 2.20. The molecular formula is C14H21N3O3. The Morgan fingerprint density at radius 1 is 1.40 bits per heavy atom. The first kappa shape index (κ1) is 15.9. The lowest BCUT2D eigenvalue weighted by molar-refractivity contribution is -0.139. The number of carboxylic acid groups (broad SMARTS) is 1. The molecule has 2 amide bonds. The van der Waals surface area contributed by atoms with E-state index in [1.165, 1.54) is 0 Å². The summed E-state index contributed by atoms with van der Waals surface area (Å²) in [4.78, 5) is 26.7. The van der Waals surface area contributed by atoms with Gasteiger partial charge >= 0.3 is 12.0 Å². The molecule has 0 unspecified atom stereocenters. The summed E-state index contributed by atoms with van der Waals surface area (Å²) in [5.41, 5.74) is 1.93. The molecule has 0 aromatic carbocycles. The van der Waals surface area contributed by atoms with Crippen molar-refractivity contribution in [2.45, 2.75) is 39.8 Å². The molecule has 1 aromatic rings. The van der Waals surface area contributed by atoms with Crippen molar-refractivity contribution in [2.75, 3.05) is 0 Å². The summed E-state index contributed by atoms with van der Waals surface area (Å²) in [6, 6.07) is 0.473. The highest BCUT2D eigenvalue weighted by atomic mass is 16.4. The number of rotatable bonds is 6. The van der Waals surface area contributed by atoms with Crippen molar-refractivity contribution in [3.63, 3.8) is 0 Å². The average Bonchev–Trinajstić information content (AvgIpc) is 2.36. The van der Waals surface area contributed by atoms with E-state index in [2.05, 4.69) is 15.6 Å². The second kappa shape index (κ2) is 7.47. The predicted octanol–water partition coefficient (Wildman–Crippen LogP) is 1.69. The number of aliphatic carboxylic acids is 1. The zero-order chi connectivity index (χ0) is 15.1. The largest absolute Gasteiger partial charge is 0.480 e. The van der Waals surface area contributed by atoms with Gasteiger partial charge in [-0.1, -0.05) is 13.8 Å². The maximum Gasteiger partial charge on any atom is 0.326 e. The molecule has 0 aliphatic rings. The second-order valence-corrected chi connectivity index (χ2v) is 5.15. The van der Waals surface area contributed by atoms with Crippen LogP contribution in [0.3, 0.4) is 0 Å². The number of carbonyl (C=O) groups excluding carboxylic acids is 1. The molecule has 0 aliphatic heterocycles. The van der Waals surface area contributed by atoms with Gasteiger partial charge in [0.1, 0.15) is 6.04 Å². The van der Waals surface area contributed by atoms with E-state index in [4.69, 9.17) is 5.11 Å². The standard InChI is InChI=1S/C14H21N3O3/c1-9(2)6-12(13(18)19)17-14(20)16-8-11-4-5-15-7-10(11)3/h4-5,7,9,12H,6,8H2,1-3H3,(H,18,19)(H2,16,17,20)/t12-/m0/s1. The van der Waals surface area contributed by atoms with Gasteiger partial charge in [0.05, 0.1) is 0 Å². The van der Waals surface area contributed by atoms with E-state index in [1.54, 1.807) is 12.4 Å². The van der Waals surface area contributed by atoms with E-state index in [9.17, 15) is 9.59 Å². The van der Waals surface area contributed by atoms with Crippen molar-refractivity contribution in [3.8, 4) is 0 Å². The Balaban J connectivity index is 2.50. The predicted molar refractivity (Wildman–Crippen MR) is 75.2 cm³/mol. The number of nitrogens with zero attached hydrogens (tertiary/aromatic N) is 1. The zero-order valence-corrected chi connectivity index (χ0v) is 12.0. The van der Waals surface area contributed by atoms with E-state index >= 15 is 0 Å². The lowest BCUT2D eigenvalue weighted by Gasteiger charge is -2.17. The van der Waals surface area contributed by atoms with Crippen LogP contribution in [0.2, 0.25) is 0 Å². The number of hydrogen-bond donors (Lipinski definition) is 3. The molecule has 6 nitrogen and oxygen atoms in total. The maximum absolute atomic E-state index is 11.7. The van der Waals surface area contributed by atoms with Crippen LogP contribution in [0.25, 0.3) is 0 Å². The first-order valence-electron chi connectivity index (χ1n) is 6.56. The van der Waals surface area contributed by atoms with Crippen LogP contribution in [0.5, 0.6) is 0 Å². The van der Waals surface area contributed by atoms with E-state index in [0.29, 0.717) is 13.0 Å². The maximum atomic E-state index is 11.7. The minimum Gasteiger partial charge on any atom is -0.480 e. The summed E-state index contributed by atoms with van der Waals surface area (Å²) in [6.45, 7) is 6.07. The van der Waals surface area contributed by atoms with E-state index in [1.807, 2.05) is 26.8 Å². The lowest BCUT2D eigenvalue weighted by atomic mass is 10.0. The Morgan fingerprint density at radius 2 is 2.10 bits per heavy atom. The van der Waals surface area contributed by atoms with Crippen molar-refractivity contribution >= 4 is 12.0 Å². The summed E-state index contributed by atoms with van der Waals surface area (Å²) in [5.74, 6) is -0.826. The van der Waals surface area contributed by atoms with Crippen LogP contribution in [0, 0.1) is 12.8 Å². The molecule has 1 aromatic heterocycles. The average molecular weight is 279 g/mol. The molecular weight excluding hydrogens is 258 g/mol. The number of aryl methyl sites for hydroxylation is 1. The van der Waals surface area contributed by atoms with Crippen LogP contribution in [-0.2, 0) is 11.3 Å². The van der Waals surface area contributed by atoms with Crippen LogP contribution in [0.15, 0.2) is 18.5 Å². The van der Waals surface area contributed by atoms with Crippen LogP contribution in [-0.4, -0.2) is 28.1 Å². The smallest absolute Gasteiger partial charge is 0.326 e. The van der Waals surface area contributed by atoms with Gasteiger partial charge in [-0.3, -0.25) is 4.98 Å². The fraction of sp³-hybridized carbons (Fsp3) is 0.500. The zero-order valence-electron chi connectivity index (χ0n) is 12.0. The van der Waals surface area contributed by atoms with Gasteiger partial charge in [0.25, 0.3) is 0 Å². The number of carboxylic acids is 1. The molecule has 0 aliphatic carbocycles. The Kier molecular flexibility index (Phi) is 5.96. The lowest BCUT2D eigenvalue weighted by Crippen LogP contribution is -2.46. The van der Waals surface area contributed by atoms with Gasteiger partial charge in [-0.15, -0.1) is 0 Å². The molecule has 0 saturated carbocycles. The number of aromatic nitrogens is 1. The van der Waals surface area contributed by atoms with E-state index in [-0.39, 0.29) is 5.92 Å². The second-order valence-electron chi connectivity index (χ2n) is 5.15. The Morgan fingerprint density at radius 3 is 2.65 bits per heavy atom. The molecule has 0 saturated heterocycles. The Hall–Kier alpha value is -2.11. The van der Waals surface area contributed by atoms with Crippen LogP contribution < -0.4 is 10.6 Å². The first-order valence-corrected chi connectivity index (χ1v) is 6.56. The fourth-order valence-corrected chi connectivity index (χ4v) is 1.78. The molecule has 3 N–H and O–H groups in total. The number of nitrogens with one attached hydrogen (secondary N) is 2. The van der Waals surface area contributed by atoms with E-state index < -0.39 is 18.0 Å². The normalized spacial score (nSPS) is 12.0. The van der Waals surface area contributed by atoms with Crippen molar-refractivity contribution in [1.82, 2.24) is 15.6 Å². The number of urea groups is 1. The van der Waals surface area contributed by atoms with Crippen LogP contribution in [0.4, 0.5) is 4.79 Å². The minimum absolute atomic E-state index is 0.193. The van der Waals surface area contributed by atoms with Gasteiger partial charge in [0.15, 0.2) is 0 Å². The number of amides is 2. The minimum atomic E-state index is -1.02. The summed E-state index contributed by atoms with van der Waals surface area (Å²) in [5, 5.41) is 14.2. The molecule has 0 bridgehead atoms. The van der Waals surface area contributed by atoms with Crippen LogP contribution >= 0.6 is 0 Å². The van der Waals surface area contributed by atoms with Crippen molar-refractivity contribution in [3.05, 3.63) is 29.6 Å².